The summed E-state index contributed by atoms with van der Waals surface area (Å²) in [5.41, 5.74) is 2.37. The fraction of sp³-hybridized carbons (Fsp3) is 0.684. The molecule has 5 nitrogen and oxygen atoms in total. The van der Waals surface area contributed by atoms with Crippen molar-refractivity contribution in [3.8, 4) is 5.75 Å². The minimum atomic E-state index is -0.548. The molecule has 1 aliphatic carbocycles. The number of nitrogens with one attached hydrogen (secondary N) is 1. The third-order valence-corrected chi connectivity index (χ3v) is 4.38. The summed E-state index contributed by atoms with van der Waals surface area (Å²) in [6.45, 7) is 7.00. The largest absolute Gasteiger partial charge is 0.491 e. The fourth-order valence-electron chi connectivity index (χ4n) is 2.99. The van der Waals surface area contributed by atoms with Crippen molar-refractivity contribution in [1.82, 2.24) is 5.32 Å². The lowest BCUT2D eigenvalue weighted by molar-refractivity contribution is -0.0403. The summed E-state index contributed by atoms with van der Waals surface area (Å²) >= 11 is 0. The zero-order valence-electron chi connectivity index (χ0n) is 15.5. The van der Waals surface area contributed by atoms with Crippen LogP contribution in [0.5, 0.6) is 5.75 Å². The van der Waals surface area contributed by atoms with E-state index in [9.17, 15) is 5.11 Å². The molecule has 3 atom stereocenters. The summed E-state index contributed by atoms with van der Waals surface area (Å²) in [4.78, 5) is 0. The first-order valence-corrected chi connectivity index (χ1v) is 8.56. The number of aliphatic hydroxyl groups is 1. The standard InChI is InChI=1S/C19H31NO4/c1-19(2,3)20-11-14(21)12-24-16-8-6-7-13-9-17(22-4)18(23-5)10-15(13)16/h6-8,14,17-18,20-21H,9-12H2,1-5H3. The molecule has 2 rings (SSSR count). The maximum Gasteiger partial charge on any atom is 0.123 e. The molecule has 0 saturated heterocycles. The van der Waals surface area contributed by atoms with Crippen molar-refractivity contribution in [3.05, 3.63) is 29.3 Å². The molecule has 0 bridgehead atoms. The van der Waals surface area contributed by atoms with Crippen molar-refractivity contribution in [2.24, 2.45) is 0 Å². The molecule has 0 heterocycles. The summed E-state index contributed by atoms with van der Waals surface area (Å²) < 4.78 is 17.0. The summed E-state index contributed by atoms with van der Waals surface area (Å²) in [6.07, 6.45) is 1.12. The van der Waals surface area contributed by atoms with Crippen LogP contribution in [0.25, 0.3) is 0 Å². The molecule has 2 N–H and O–H groups in total. The van der Waals surface area contributed by atoms with Gasteiger partial charge in [-0.2, -0.15) is 0 Å². The van der Waals surface area contributed by atoms with E-state index in [-0.39, 0.29) is 24.4 Å². The second-order valence-corrected chi connectivity index (χ2v) is 7.45. The van der Waals surface area contributed by atoms with E-state index in [1.807, 2.05) is 12.1 Å². The molecule has 3 unspecified atom stereocenters. The lowest BCUT2D eigenvalue weighted by Crippen LogP contribution is -2.42. The summed E-state index contributed by atoms with van der Waals surface area (Å²) in [6, 6.07) is 6.06. The summed E-state index contributed by atoms with van der Waals surface area (Å²) in [5.74, 6) is 0.832. The maximum absolute atomic E-state index is 10.1. The SMILES string of the molecule is COC1Cc2cccc(OCC(O)CNC(C)(C)C)c2CC1OC. The van der Waals surface area contributed by atoms with Gasteiger partial charge in [0.05, 0.1) is 12.2 Å². The Morgan fingerprint density at radius 1 is 1.17 bits per heavy atom. The molecule has 136 valence electrons. The number of fused-ring (bicyclic) bond motifs is 1. The Hall–Kier alpha value is -1.14. The van der Waals surface area contributed by atoms with E-state index in [0.717, 1.165) is 24.2 Å². The van der Waals surface area contributed by atoms with Crippen molar-refractivity contribution in [3.63, 3.8) is 0 Å². The first-order valence-electron chi connectivity index (χ1n) is 8.56. The maximum atomic E-state index is 10.1. The van der Waals surface area contributed by atoms with Gasteiger partial charge in [-0.15, -0.1) is 0 Å². The van der Waals surface area contributed by atoms with Gasteiger partial charge in [-0.3, -0.25) is 0 Å². The number of hydrogen-bond acceptors (Lipinski definition) is 5. The number of benzene rings is 1. The van der Waals surface area contributed by atoms with E-state index >= 15 is 0 Å². The Kier molecular flexibility index (Phi) is 6.63. The van der Waals surface area contributed by atoms with Gasteiger partial charge in [0.1, 0.15) is 18.5 Å². The predicted molar refractivity (Wildman–Crippen MR) is 94.7 cm³/mol. The highest BCUT2D eigenvalue weighted by Crippen LogP contribution is 2.32. The Morgan fingerprint density at radius 2 is 1.83 bits per heavy atom. The molecule has 0 radical (unpaired) electrons. The first-order chi connectivity index (χ1) is 11.3. The number of rotatable bonds is 7. The number of β-amino-alcohol motifs (C(OH)–C–C–N with tert-alkyl or cyclic N) is 1. The van der Waals surface area contributed by atoms with Crippen LogP contribution in [0.15, 0.2) is 18.2 Å². The highest BCUT2D eigenvalue weighted by atomic mass is 16.5. The minimum absolute atomic E-state index is 0.0201. The Labute approximate surface area is 145 Å². The van der Waals surface area contributed by atoms with Gasteiger partial charge in [0.25, 0.3) is 0 Å². The van der Waals surface area contributed by atoms with Crippen molar-refractivity contribution in [2.75, 3.05) is 27.4 Å². The van der Waals surface area contributed by atoms with Crippen LogP contribution in [0, 0.1) is 0 Å². The zero-order chi connectivity index (χ0) is 17.7. The average molecular weight is 337 g/mol. The highest BCUT2D eigenvalue weighted by Gasteiger charge is 2.30. The van der Waals surface area contributed by atoms with E-state index < -0.39 is 6.10 Å². The molecule has 0 fully saturated rings. The normalized spacial score (nSPS) is 22.1. The first kappa shape index (κ1) is 19.2. The molecule has 0 amide bonds. The molecule has 5 heteroatoms. The second kappa shape index (κ2) is 8.30. The Morgan fingerprint density at radius 3 is 2.46 bits per heavy atom. The van der Waals surface area contributed by atoms with E-state index in [4.69, 9.17) is 14.2 Å². The van der Waals surface area contributed by atoms with Crippen molar-refractivity contribution in [2.45, 2.75) is 57.5 Å². The van der Waals surface area contributed by atoms with Gasteiger partial charge in [0.2, 0.25) is 0 Å². The molecule has 0 saturated carbocycles. The lowest BCUT2D eigenvalue weighted by atomic mass is 9.87. The van der Waals surface area contributed by atoms with Gasteiger partial charge in [-0.1, -0.05) is 12.1 Å². The minimum Gasteiger partial charge on any atom is -0.491 e. The molecule has 0 spiro atoms. The van der Waals surface area contributed by atoms with Crippen LogP contribution in [-0.2, 0) is 22.3 Å². The van der Waals surface area contributed by atoms with Crippen molar-refractivity contribution >= 4 is 0 Å². The van der Waals surface area contributed by atoms with Gasteiger partial charge < -0.3 is 24.6 Å². The average Bonchev–Trinajstić information content (AvgIpc) is 2.56. The molecule has 0 aromatic heterocycles. The number of methoxy groups -OCH3 is 2. The van der Waals surface area contributed by atoms with E-state index in [1.54, 1.807) is 14.2 Å². The molecule has 1 aromatic carbocycles. The van der Waals surface area contributed by atoms with Crippen molar-refractivity contribution < 1.29 is 19.3 Å². The Bertz CT molecular complexity index is 527. The molecule has 24 heavy (non-hydrogen) atoms. The summed E-state index contributed by atoms with van der Waals surface area (Å²) in [7, 11) is 3.44. The fourth-order valence-corrected chi connectivity index (χ4v) is 2.99. The van der Waals surface area contributed by atoms with Gasteiger partial charge in [0.15, 0.2) is 0 Å². The molecule has 1 aromatic rings. The highest BCUT2D eigenvalue weighted by molar-refractivity contribution is 5.43. The van der Waals surface area contributed by atoms with E-state index in [2.05, 4.69) is 32.2 Å². The van der Waals surface area contributed by atoms with Crippen LogP contribution in [0.1, 0.15) is 31.9 Å². The van der Waals surface area contributed by atoms with Gasteiger partial charge in [-0.25, -0.2) is 0 Å². The topological polar surface area (TPSA) is 60.0 Å². The number of ether oxygens (including phenoxy) is 3. The quantitative estimate of drug-likeness (QED) is 0.796. The third kappa shape index (κ3) is 5.18. The molecule has 1 aliphatic rings. The second-order valence-electron chi connectivity index (χ2n) is 7.45. The summed E-state index contributed by atoms with van der Waals surface area (Å²) in [5, 5.41) is 13.4. The van der Waals surface area contributed by atoms with Crippen LogP contribution < -0.4 is 10.1 Å². The van der Waals surface area contributed by atoms with E-state index in [0.29, 0.717) is 6.54 Å². The zero-order valence-corrected chi connectivity index (χ0v) is 15.5. The lowest BCUT2D eigenvalue weighted by Gasteiger charge is -2.32. The molecular weight excluding hydrogens is 306 g/mol. The number of aliphatic hydroxyl groups excluding tert-OH is 1. The molecular formula is C19H31NO4. The smallest absolute Gasteiger partial charge is 0.123 e. The van der Waals surface area contributed by atoms with Crippen LogP contribution in [0.2, 0.25) is 0 Å². The van der Waals surface area contributed by atoms with Crippen LogP contribution in [0.4, 0.5) is 0 Å². The van der Waals surface area contributed by atoms with Gasteiger partial charge >= 0.3 is 0 Å². The van der Waals surface area contributed by atoms with Crippen LogP contribution >= 0.6 is 0 Å². The monoisotopic (exact) mass is 337 g/mol. The number of hydrogen-bond donors (Lipinski definition) is 2. The van der Waals surface area contributed by atoms with Crippen LogP contribution in [0.3, 0.4) is 0 Å². The van der Waals surface area contributed by atoms with Crippen molar-refractivity contribution in [1.29, 1.82) is 0 Å². The predicted octanol–water partition coefficient (Wildman–Crippen LogP) is 1.94. The van der Waals surface area contributed by atoms with Crippen LogP contribution in [-0.4, -0.2) is 56.3 Å². The Balaban J connectivity index is 2.00. The van der Waals surface area contributed by atoms with E-state index in [1.165, 1.54) is 5.56 Å². The molecule has 0 aliphatic heterocycles. The van der Waals surface area contributed by atoms with Gasteiger partial charge in [-0.05, 0) is 32.4 Å². The third-order valence-electron chi connectivity index (χ3n) is 4.38. The van der Waals surface area contributed by atoms with Gasteiger partial charge in [0, 0.05) is 44.7 Å².